The molecule has 0 radical (unpaired) electrons. The Morgan fingerprint density at radius 2 is 1.85 bits per heavy atom. The third-order valence-corrected chi connectivity index (χ3v) is 4.87. The summed E-state index contributed by atoms with van der Waals surface area (Å²) in [6, 6.07) is 8.60. The van der Waals surface area contributed by atoms with Gasteiger partial charge in [-0.1, -0.05) is 70.2 Å². The van der Waals surface area contributed by atoms with E-state index < -0.39 is 0 Å². The van der Waals surface area contributed by atoms with Crippen LogP contribution in [0.4, 0.5) is 0 Å². The van der Waals surface area contributed by atoms with Gasteiger partial charge in [-0.3, -0.25) is 0 Å². The Morgan fingerprint density at radius 3 is 2.50 bits per heavy atom. The second-order valence-corrected chi connectivity index (χ2v) is 6.51. The van der Waals surface area contributed by atoms with Crippen LogP contribution in [-0.2, 0) is 6.42 Å². The second-order valence-electron chi connectivity index (χ2n) is 6.51. The Morgan fingerprint density at radius 1 is 1.10 bits per heavy atom. The van der Waals surface area contributed by atoms with Gasteiger partial charge >= 0.3 is 0 Å². The molecule has 1 heteroatoms. The average molecular weight is 274 g/mol. The maximum Gasteiger partial charge on any atom is 0.0818 e. The van der Waals surface area contributed by atoms with E-state index in [1.54, 1.807) is 0 Å². The van der Waals surface area contributed by atoms with Crippen molar-refractivity contribution in [2.45, 2.75) is 71.3 Å². The van der Waals surface area contributed by atoms with Gasteiger partial charge in [-0.05, 0) is 42.2 Å². The van der Waals surface area contributed by atoms with E-state index in [0.29, 0.717) is 5.92 Å². The zero-order chi connectivity index (χ0) is 14.4. The van der Waals surface area contributed by atoms with Crippen LogP contribution in [0.5, 0.6) is 0 Å². The van der Waals surface area contributed by atoms with Gasteiger partial charge in [0.25, 0.3) is 0 Å². The Labute approximate surface area is 124 Å². The molecule has 1 aliphatic rings. The van der Waals surface area contributed by atoms with Gasteiger partial charge in [0.15, 0.2) is 0 Å². The molecule has 0 saturated heterocycles. The number of aliphatic hydroxyl groups excluding tert-OH is 1. The van der Waals surface area contributed by atoms with Crippen molar-refractivity contribution in [3.63, 3.8) is 0 Å². The van der Waals surface area contributed by atoms with Crippen molar-refractivity contribution in [2.75, 3.05) is 0 Å². The highest BCUT2D eigenvalue weighted by Crippen LogP contribution is 2.38. The number of hydrogen-bond donors (Lipinski definition) is 1. The lowest BCUT2D eigenvalue weighted by Gasteiger charge is -2.31. The van der Waals surface area contributed by atoms with Gasteiger partial charge < -0.3 is 5.11 Å². The Bertz CT molecular complexity index is 391. The van der Waals surface area contributed by atoms with Crippen LogP contribution in [0.15, 0.2) is 24.3 Å². The van der Waals surface area contributed by atoms with Gasteiger partial charge in [0.2, 0.25) is 0 Å². The smallest absolute Gasteiger partial charge is 0.0818 e. The first-order chi connectivity index (χ1) is 9.74. The first kappa shape index (κ1) is 15.6. The SMILES string of the molecule is CCCc1cccc(C(O)C2CCC(CCC)CC2)c1. The highest BCUT2D eigenvalue weighted by Gasteiger charge is 2.26. The number of aryl methyl sites for hydroxylation is 1. The van der Waals surface area contributed by atoms with Crippen molar-refractivity contribution < 1.29 is 5.11 Å². The standard InChI is InChI=1S/C19H30O/c1-3-6-15-10-12-17(13-11-15)19(20)18-9-5-8-16(14-18)7-4-2/h5,8-9,14-15,17,19-20H,3-4,6-7,10-13H2,1-2H3. The summed E-state index contributed by atoms with van der Waals surface area (Å²) in [6.45, 7) is 4.48. The van der Waals surface area contributed by atoms with Crippen molar-refractivity contribution in [1.82, 2.24) is 0 Å². The minimum absolute atomic E-state index is 0.255. The highest BCUT2D eigenvalue weighted by atomic mass is 16.3. The molecule has 1 atom stereocenters. The van der Waals surface area contributed by atoms with E-state index in [1.165, 1.54) is 50.5 Å². The predicted octanol–water partition coefficient (Wildman–Crippen LogP) is 5.28. The summed E-state index contributed by atoms with van der Waals surface area (Å²) in [5.74, 6) is 1.38. The van der Waals surface area contributed by atoms with E-state index >= 15 is 0 Å². The topological polar surface area (TPSA) is 20.2 Å². The van der Waals surface area contributed by atoms with Crippen molar-refractivity contribution in [3.05, 3.63) is 35.4 Å². The van der Waals surface area contributed by atoms with E-state index in [-0.39, 0.29) is 6.10 Å². The summed E-state index contributed by atoms with van der Waals surface area (Å²) in [4.78, 5) is 0. The Balaban J connectivity index is 1.94. The third-order valence-electron chi connectivity index (χ3n) is 4.87. The monoisotopic (exact) mass is 274 g/mol. The zero-order valence-corrected chi connectivity index (χ0v) is 13.1. The first-order valence-electron chi connectivity index (χ1n) is 8.51. The van der Waals surface area contributed by atoms with Crippen molar-refractivity contribution in [2.24, 2.45) is 11.8 Å². The van der Waals surface area contributed by atoms with E-state index in [1.807, 2.05) is 0 Å². The van der Waals surface area contributed by atoms with Crippen LogP contribution in [0.3, 0.4) is 0 Å². The average Bonchev–Trinajstić information content (AvgIpc) is 2.48. The third kappa shape index (κ3) is 4.09. The zero-order valence-electron chi connectivity index (χ0n) is 13.1. The molecule has 0 aromatic heterocycles. The van der Waals surface area contributed by atoms with Gasteiger partial charge in [0, 0.05) is 0 Å². The van der Waals surface area contributed by atoms with Crippen LogP contribution in [-0.4, -0.2) is 5.11 Å². The molecule has 1 aromatic carbocycles. The summed E-state index contributed by atoms with van der Waals surface area (Å²) >= 11 is 0. The number of hydrogen-bond acceptors (Lipinski definition) is 1. The summed E-state index contributed by atoms with van der Waals surface area (Å²) in [5.41, 5.74) is 2.50. The largest absolute Gasteiger partial charge is 0.388 e. The van der Waals surface area contributed by atoms with Gasteiger partial charge in [0.05, 0.1) is 6.10 Å². The summed E-state index contributed by atoms with van der Waals surface area (Å²) < 4.78 is 0. The predicted molar refractivity (Wildman–Crippen MR) is 85.8 cm³/mol. The molecule has 2 rings (SSSR count). The molecular formula is C19H30O. The van der Waals surface area contributed by atoms with E-state index in [9.17, 15) is 5.11 Å². The number of benzene rings is 1. The molecular weight excluding hydrogens is 244 g/mol. The van der Waals surface area contributed by atoms with E-state index in [0.717, 1.165) is 17.9 Å². The van der Waals surface area contributed by atoms with Crippen LogP contribution < -0.4 is 0 Å². The van der Waals surface area contributed by atoms with Gasteiger partial charge in [-0.2, -0.15) is 0 Å². The van der Waals surface area contributed by atoms with E-state index in [4.69, 9.17) is 0 Å². The normalized spacial score (nSPS) is 24.6. The molecule has 0 amide bonds. The fraction of sp³-hybridized carbons (Fsp3) is 0.684. The minimum Gasteiger partial charge on any atom is -0.388 e. The second kappa shape index (κ2) is 7.83. The number of aliphatic hydroxyl groups is 1. The highest BCUT2D eigenvalue weighted by molar-refractivity contribution is 5.25. The Hall–Kier alpha value is -0.820. The van der Waals surface area contributed by atoms with Crippen molar-refractivity contribution >= 4 is 0 Å². The molecule has 112 valence electrons. The van der Waals surface area contributed by atoms with Gasteiger partial charge in [-0.25, -0.2) is 0 Å². The van der Waals surface area contributed by atoms with Crippen LogP contribution in [0, 0.1) is 11.8 Å². The molecule has 1 aromatic rings. The summed E-state index contributed by atoms with van der Waals surface area (Å²) in [7, 11) is 0. The fourth-order valence-corrected chi connectivity index (χ4v) is 3.69. The molecule has 0 heterocycles. The molecule has 0 aliphatic heterocycles. The summed E-state index contributed by atoms with van der Waals surface area (Å²) in [6.07, 6.45) is 9.72. The fourth-order valence-electron chi connectivity index (χ4n) is 3.69. The quantitative estimate of drug-likeness (QED) is 0.748. The number of rotatable bonds is 6. The molecule has 1 aliphatic carbocycles. The molecule has 1 saturated carbocycles. The Kier molecular flexibility index (Phi) is 6.09. The lowest BCUT2D eigenvalue weighted by molar-refractivity contribution is 0.0722. The van der Waals surface area contributed by atoms with Crippen LogP contribution in [0.2, 0.25) is 0 Å². The molecule has 1 N–H and O–H groups in total. The summed E-state index contributed by atoms with van der Waals surface area (Å²) in [5, 5.41) is 10.7. The minimum atomic E-state index is -0.255. The lowest BCUT2D eigenvalue weighted by Crippen LogP contribution is -2.20. The lowest BCUT2D eigenvalue weighted by atomic mass is 9.76. The molecule has 0 bridgehead atoms. The molecule has 1 nitrogen and oxygen atoms in total. The maximum absolute atomic E-state index is 10.7. The van der Waals surface area contributed by atoms with Crippen LogP contribution in [0.25, 0.3) is 0 Å². The molecule has 1 fully saturated rings. The first-order valence-corrected chi connectivity index (χ1v) is 8.51. The van der Waals surface area contributed by atoms with Gasteiger partial charge in [-0.15, -0.1) is 0 Å². The van der Waals surface area contributed by atoms with Crippen molar-refractivity contribution in [1.29, 1.82) is 0 Å². The van der Waals surface area contributed by atoms with Crippen LogP contribution >= 0.6 is 0 Å². The van der Waals surface area contributed by atoms with Crippen LogP contribution in [0.1, 0.15) is 76.0 Å². The maximum atomic E-state index is 10.7. The van der Waals surface area contributed by atoms with Crippen molar-refractivity contribution in [3.8, 4) is 0 Å². The molecule has 1 unspecified atom stereocenters. The van der Waals surface area contributed by atoms with E-state index in [2.05, 4.69) is 38.1 Å². The van der Waals surface area contributed by atoms with Gasteiger partial charge in [0.1, 0.15) is 0 Å². The molecule has 20 heavy (non-hydrogen) atoms. The molecule has 0 spiro atoms.